The van der Waals surface area contributed by atoms with Crippen LogP contribution in [0.4, 0.5) is 0 Å². The van der Waals surface area contributed by atoms with Gasteiger partial charge in [-0.2, -0.15) is 0 Å². The number of carbonyl (C=O) groups is 2. The van der Waals surface area contributed by atoms with Gasteiger partial charge >= 0.3 is 0 Å². The first-order valence-electron chi connectivity index (χ1n) is 17.4. The SMILES string of the molecule is COc1ccc(-c2c(C3CCCCC3)c3ccc(C(=O)NS(=O)(=O)C(C)C)cc3n2CC2(C(=O)NCC3(N)CCCCC3)CC2)cc1. The number of fused-ring (bicyclic) bond motifs is 1. The molecule has 3 saturated carbocycles. The molecule has 3 fully saturated rings. The zero-order valence-corrected chi connectivity index (χ0v) is 28.9. The van der Waals surface area contributed by atoms with E-state index in [9.17, 15) is 18.0 Å². The maximum Gasteiger partial charge on any atom is 0.264 e. The zero-order valence-electron chi connectivity index (χ0n) is 28.1. The molecule has 1 aromatic heterocycles. The molecule has 6 rings (SSSR count). The summed E-state index contributed by atoms with van der Waals surface area (Å²) in [4.78, 5) is 27.3. The molecule has 0 radical (unpaired) electrons. The van der Waals surface area contributed by atoms with Crippen LogP contribution in [0.3, 0.4) is 0 Å². The Morgan fingerprint density at radius 2 is 1.62 bits per heavy atom. The van der Waals surface area contributed by atoms with Gasteiger partial charge in [-0.25, -0.2) is 13.1 Å². The predicted octanol–water partition coefficient (Wildman–Crippen LogP) is 6.39. The number of nitrogens with one attached hydrogen (secondary N) is 2. The number of hydrogen-bond acceptors (Lipinski definition) is 6. The Bertz CT molecular complexity index is 1730. The number of amides is 2. The Kier molecular flexibility index (Phi) is 9.46. The van der Waals surface area contributed by atoms with E-state index in [0.29, 0.717) is 19.0 Å². The van der Waals surface area contributed by atoms with Crippen molar-refractivity contribution in [3.63, 3.8) is 0 Å². The Morgan fingerprint density at radius 3 is 2.23 bits per heavy atom. The second kappa shape index (κ2) is 13.3. The van der Waals surface area contributed by atoms with Crippen molar-refractivity contribution in [1.82, 2.24) is 14.6 Å². The van der Waals surface area contributed by atoms with E-state index in [1.807, 2.05) is 24.3 Å². The van der Waals surface area contributed by atoms with E-state index in [1.54, 1.807) is 27.0 Å². The van der Waals surface area contributed by atoms with Crippen LogP contribution in [0, 0.1) is 5.41 Å². The van der Waals surface area contributed by atoms with Gasteiger partial charge in [0, 0.05) is 35.1 Å². The molecule has 10 heteroatoms. The van der Waals surface area contributed by atoms with Gasteiger partial charge in [0.2, 0.25) is 15.9 Å². The lowest BCUT2D eigenvalue weighted by molar-refractivity contribution is -0.127. The number of rotatable bonds is 11. The summed E-state index contributed by atoms with van der Waals surface area (Å²) >= 11 is 0. The number of aromatic nitrogens is 1. The summed E-state index contributed by atoms with van der Waals surface area (Å²) in [5.74, 6) is 0.472. The molecule has 1 heterocycles. The van der Waals surface area contributed by atoms with E-state index in [-0.39, 0.29) is 17.0 Å². The third-order valence-corrected chi connectivity index (χ3v) is 12.6. The summed E-state index contributed by atoms with van der Waals surface area (Å²) in [6.07, 6.45) is 12.4. The topological polar surface area (TPSA) is 133 Å². The van der Waals surface area contributed by atoms with Crippen molar-refractivity contribution in [3.05, 3.63) is 53.6 Å². The summed E-state index contributed by atoms with van der Waals surface area (Å²) < 4.78 is 35.2. The van der Waals surface area contributed by atoms with Crippen molar-refractivity contribution in [2.24, 2.45) is 11.1 Å². The molecule has 47 heavy (non-hydrogen) atoms. The smallest absolute Gasteiger partial charge is 0.264 e. The number of benzene rings is 2. The Hall–Kier alpha value is -3.37. The van der Waals surface area contributed by atoms with E-state index >= 15 is 0 Å². The Labute approximate surface area is 279 Å². The van der Waals surface area contributed by atoms with Crippen molar-refractivity contribution < 1.29 is 22.7 Å². The number of hydrogen-bond donors (Lipinski definition) is 3. The van der Waals surface area contributed by atoms with Crippen molar-refractivity contribution in [2.45, 2.75) is 114 Å². The largest absolute Gasteiger partial charge is 0.497 e. The van der Waals surface area contributed by atoms with Gasteiger partial charge in [-0.3, -0.25) is 9.59 Å². The monoisotopic (exact) mass is 662 g/mol. The van der Waals surface area contributed by atoms with Crippen molar-refractivity contribution >= 4 is 32.7 Å². The molecular formula is C37H50N4O5S. The van der Waals surface area contributed by atoms with Crippen molar-refractivity contribution in [1.29, 1.82) is 0 Å². The van der Waals surface area contributed by atoms with Crippen LogP contribution in [0.15, 0.2) is 42.5 Å². The molecule has 0 saturated heterocycles. The average Bonchev–Trinajstić information content (AvgIpc) is 3.79. The van der Waals surface area contributed by atoms with Crippen molar-refractivity contribution in [3.8, 4) is 17.0 Å². The highest BCUT2D eigenvalue weighted by Gasteiger charge is 2.51. The second-order valence-corrected chi connectivity index (χ2v) is 16.8. The fraction of sp³-hybridized carbons (Fsp3) is 0.568. The molecule has 0 unspecified atom stereocenters. The quantitative estimate of drug-likeness (QED) is 0.218. The van der Waals surface area contributed by atoms with Gasteiger partial charge < -0.3 is 20.4 Å². The van der Waals surface area contributed by atoms with E-state index in [2.05, 4.69) is 26.7 Å². The predicted molar refractivity (Wildman–Crippen MR) is 186 cm³/mol. The van der Waals surface area contributed by atoms with Crippen molar-refractivity contribution in [2.75, 3.05) is 13.7 Å². The normalized spacial score (nSPS) is 19.4. The lowest BCUT2D eigenvalue weighted by Gasteiger charge is -2.34. The van der Waals surface area contributed by atoms with E-state index in [1.165, 1.54) is 18.4 Å². The molecule has 0 spiro atoms. The highest BCUT2D eigenvalue weighted by Crippen LogP contribution is 2.51. The maximum absolute atomic E-state index is 14.0. The minimum Gasteiger partial charge on any atom is -0.497 e. The molecule has 254 valence electrons. The van der Waals surface area contributed by atoms with Crippen LogP contribution in [0.1, 0.15) is 113 Å². The fourth-order valence-electron chi connectivity index (χ4n) is 7.64. The van der Waals surface area contributed by atoms with Gasteiger partial charge in [0.25, 0.3) is 5.91 Å². The molecule has 3 aromatic rings. The number of methoxy groups -OCH3 is 1. The zero-order chi connectivity index (χ0) is 33.4. The molecule has 0 atom stereocenters. The van der Waals surface area contributed by atoms with Gasteiger partial charge in [0.05, 0.1) is 23.5 Å². The molecular weight excluding hydrogens is 612 g/mol. The molecule has 2 aromatic carbocycles. The van der Waals surface area contributed by atoms with Gasteiger partial charge in [-0.1, -0.05) is 44.6 Å². The first-order chi connectivity index (χ1) is 22.5. The van der Waals surface area contributed by atoms with E-state index in [0.717, 1.165) is 92.1 Å². The minimum absolute atomic E-state index is 0.0339. The van der Waals surface area contributed by atoms with Gasteiger partial charge in [0.15, 0.2) is 0 Å². The summed E-state index contributed by atoms with van der Waals surface area (Å²) in [5, 5.41) is 3.55. The number of nitrogens with two attached hydrogens (primary N) is 1. The van der Waals surface area contributed by atoms with Crippen LogP contribution >= 0.6 is 0 Å². The maximum atomic E-state index is 14.0. The number of nitrogens with zero attached hydrogens (tertiary/aromatic N) is 1. The van der Waals surface area contributed by atoms with Gasteiger partial charge in [-0.05, 0) is 106 Å². The van der Waals surface area contributed by atoms with Crippen LogP contribution < -0.4 is 20.5 Å². The summed E-state index contributed by atoms with van der Waals surface area (Å²) in [5.41, 5.74) is 10.2. The number of sulfonamides is 1. The van der Waals surface area contributed by atoms with Crippen LogP contribution in [0.5, 0.6) is 5.75 Å². The summed E-state index contributed by atoms with van der Waals surface area (Å²) in [6, 6.07) is 13.6. The molecule has 4 N–H and O–H groups in total. The first kappa shape index (κ1) is 33.5. The molecule has 0 aliphatic heterocycles. The summed E-state index contributed by atoms with van der Waals surface area (Å²) in [6.45, 7) is 4.02. The van der Waals surface area contributed by atoms with Gasteiger partial charge in [-0.15, -0.1) is 0 Å². The summed E-state index contributed by atoms with van der Waals surface area (Å²) in [7, 11) is -2.16. The van der Waals surface area contributed by atoms with Crippen LogP contribution in [0.2, 0.25) is 0 Å². The molecule has 0 bridgehead atoms. The second-order valence-electron chi connectivity index (χ2n) is 14.6. The lowest BCUT2D eigenvalue weighted by atomic mass is 9.81. The van der Waals surface area contributed by atoms with E-state index < -0.39 is 26.6 Å². The minimum atomic E-state index is -3.81. The molecule has 2 amide bonds. The Morgan fingerprint density at radius 1 is 0.957 bits per heavy atom. The number of ether oxygens (including phenoxy) is 1. The standard InChI is InChI=1S/C37H50N4O5S/c1-25(2)47(44,45)40-34(42)28-14-17-30-31(22-28)41(24-36(20-21-36)35(43)39-23-37(38)18-8-5-9-19-37)33(27-12-15-29(46-3)16-13-27)32(30)26-10-6-4-7-11-26/h12-17,22,25-26H,4-11,18-21,23-24,38H2,1-3H3,(H,39,43)(H,40,42). The van der Waals surface area contributed by atoms with Crippen LogP contribution in [0.25, 0.3) is 22.2 Å². The van der Waals surface area contributed by atoms with Crippen LogP contribution in [-0.2, 0) is 21.4 Å². The van der Waals surface area contributed by atoms with Gasteiger partial charge in [0.1, 0.15) is 5.75 Å². The third-order valence-electron chi connectivity index (χ3n) is 10.8. The number of carbonyl (C=O) groups excluding carboxylic acids is 2. The molecule has 3 aliphatic carbocycles. The first-order valence-corrected chi connectivity index (χ1v) is 18.9. The highest BCUT2D eigenvalue weighted by molar-refractivity contribution is 7.90. The average molecular weight is 663 g/mol. The third kappa shape index (κ3) is 6.95. The lowest BCUT2D eigenvalue weighted by Crippen LogP contribution is -2.52. The Balaban J connectivity index is 1.45. The molecule has 9 nitrogen and oxygen atoms in total. The van der Waals surface area contributed by atoms with Crippen LogP contribution in [-0.4, -0.2) is 49.2 Å². The fourth-order valence-corrected chi connectivity index (χ4v) is 8.25. The van der Waals surface area contributed by atoms with E-state index in [4.69, 9.17) is 10.5 Å². The molecule has 3 aliphatic rings. The highest BCUT2D eigenvalue weighted by atomic mass is 32.2.